The lowest BCUT2D eigenvalue weighted by Crippen LogP contribution is -2.25. The molecule has 6 nitrogen and oxygen atoms in total. The van der Waals surface area contributed by atoms with Gasteiger partial charge in [0, 0.05) is 31.4 Å². The predicted molar refractivity (Wildman–Crippen MR) is 89.4 cm³/mol. The number of ketones is 1. The summed E-state index contributed by atoms with van der Waals surface area (Å²) in [5.74, 6) is 1.66. The molecule has 1 aliphatic rings. The number of carbonyl (C=O) groups excluding carboxylic acids is 2. The minimum absolute atomic E-state index is 0.0119. The van der Waals surface area contributed by atoms with E-state index in [9.17, 15) is 9.59 Å². The molecule has 0 fully saturated rings. The van der Waals surface area contributed by atoms with E-state index in [0.29, 0.717) is 12.1 Å². The number of Topliss-reactive ketones (excluding diaryl/α,β-unsaturated/α-hetero) is 1. The fraction of sp³-hybridized carbons (Fsp3) is 0.444. The molecule has 1 aromatic carbocycles. The van der Waals surface area contributed by atoms with Crippen molar-refractivity contribution in [3.05, 3.63) is 47.5 Å². The Kier molecular flexibility index (Phi) is 5.36. The van der Waals surface area contributed by atoms with Gasteiger partial charge in [0.15, 0.2) is 11.6 Å². The lowest BCUT2D eigenvalue weighted by molar-refractivity contribution is -0.121. The summed E-state index contributed by atoms with van der Waals surface area (Å²) in [6, 6.07) is 9.05. The number of nitrogens with one attached hydrogen (secondary N) is 1. The molecule has 1 amide bonds. The molecule has 0 unspecified atom stereocenters. The summed E-state index contributed by atoms with van der Waals surface area (Å²) < 4.78 is 2.11. The number of carbonyl (C=O) groups is 2. The highest BCUT2D eigenvalue weighted by Crippen LogP contribution is 2.14. The van der Waals surface area contributed by atoms with Crippen LogP contribution in [0.4, 0.5) is 0 Å². The fourth-order valence-electron chi connectivity index (χ4n) is 2.94. The van der Waals surface area contributed by atoms with Gasteiger partial charge in [0.2, 0.25) is 5.91 Å². The summed E-state index contributed by atoms with van der Waals surface area (Å²) in [4.78, 5) is 24.0. The average Bonchev–Trinajstić information content (AvgIpc) is 2.85. The van der Waals surface area contributed by atoms with Crippen molar-refractivity contribution in [1.82, 2.24) is 20.1 Å². The zero-order valence-electron chi connectivity index (χ0n) is 13.7. The molecule has 0 saturated carbocycles. The normalized spacial score (nSPS) is 13.8. The minimum Gasteiger partial charge on any atom is -0.349 e. The molecule has 2 aromatic rings. The van der Waals surface area contributed by atoms with Gasteiger partial charge in [0.1, 0.15) is 5.82 Å². The standard InChI is InChI=1S/C18H22N4O2/c23-15(14-7-3-1-4-8-14)10-11-18(24)19-13-17-21-20-16-9-5-2-6-12-22(16)17/h1,3-4,7-8H,2,5-6,9-13H2,(H,19,24). The van der Waals surface area contributed by atoms with Crippen LogP contribution in [0.1, 0.15) is 54.1 Å². The third kappa shape index (κ3) is 4.07. The zero-order valence-corrected chi connectivity index (χ0v) is 13.7. The van der Waals surface area contributed by atoms with Crippen LogP contribution < -0.4 is 5.32 Å². The molecule has 126 valence electrons. The highest BCUT2D eigenvalue weighted by molar-refractivity contribution is 5.97. The van der Waals surface area contributed by atoms with Gasteiger partial charge in [-0.2, -0.15) is 0 Å². The van der Waals surface area contributed by atoms with Crippen molar-refractivity contribution in [2.24, 2.45) is 0 Å². The maximum atomic E-state index is 12.0. The second kappa shape index (κ2) is 7.86. The van der Waals surface area contributed by atoms with E-state index in [-0.39, 0.29) is 24.5 Å². The van der Waals surface area contributed by atoms with Crippen molar-refractivity contribution in [3.8, 4) is 0 Å². The van der Waals surface area contributed by atoms with Crippen LogP contribution in [0.25, 0.3) is 0 Å². The molecule has 24 heavy (non-hydrogen) atoms. The number of aryl methyl sites for hydroxylation is 1. The summed E-state index contributed by atoms with van der Waals surface area (Å²) >= 11 is 0. The van der Waals surface area contributed by atoms with E-state index >= 15 is 0 Å². The maximum absolute atomic E-state index is 12.0. The van der Waals surface area contributed by atoms with E-state index in [1.54, 1.807) is 12.1 Å². The number of rotatable bonds is 6. The summed E-state index contributed by atoms with van der Waals surface area (Å²) in [6.45, 7) is 1.28. The van der Waals surface area contributed by atoms with Gasteiger partial charge >= 0.3 is 0 Å². The third-order valence-electron chi connectivity index (χ3n) is 4.30. The van der Waals surface area contributed by atoms with Gasteiger partial charge < -0.3 is 9.88 Å². The van der Waals surface area contributed by atoms with E-state index in [1.807, 2.05) is 18.2 Å². The van der Waals surface area contributed by atoms with Gasteiger partial charge in [-0.1, -0.05) is 36.8 Å². The third-order valence-corrected chi connectivity index (χ3v) is 4.30. The second-order valence-corrected chi connectivity index (χ2v) is 6.06. The molecule has 6 heteroatoms. The van der Waals surface area contributed by atoms with E-state index in [1.165, 1.54) is 6.42 Å². The van der Waals surface area contributed by atoms with Crippen LogP contribution in [0.5, 0.6) is 0 Å². The monoisotopic (exact) mass is 326 g/mol. The molecule has 1 N–H and O–H groups in total. The highest BCUT2D eigenvalue weighted by atomic mass is 16.2. The molecule has 0 aliphatic carbocycles. The second-order valence-electron chi connectivity index (χ2n) is 6.06. The summed E-state index contributed by atoms with van der Waals surface area (Å²) in [5.41, 5.74) is 0.646. The first-order valence-electron chi connectivity index (χ1n) is 8.50. The minimum atomic E-state index is -0.134. The van der Waals surface area contributed by atoms with Gasteiger partial charge in [-0.05, 0) is 12.8 Å². The van der Waals surface area contributed by atoms with Crippen LogP contribution in [-0.2, 0) is 24.3 Å². The summed E-state index contributed by atoms with van der Waals surface area (Å²) in [7, 11) is 0. The quantitative estimate of drug-likeness (QED) is 0.826. The first kappa shape index (κ1) is 16.4. The zero-order chi connectivity index (χ0) is 16.8. The van der Waals surface area contributed by atoms with Gasteiger partial charge in [0.05, 0.1) is 6.54 Å². The highest BCUT2D eigenvalue weighted by Gasteiger charge is 2.15. The van der Waals surface area contributed by atoms with Crippen molar-refractivity contribution in [3.63, 3.8) is 0 Å². The summed E-state index contributed by atoms with van der Waals surface area (Å²) in [5, 5.41) is 11.2. The van der Waals surface area contributed by atoms with Crippen LogP contribution in [0.2, 0.25) is 0 Å². The van der Waals surface area contributed by atoms with E-state index in [0.717, 1.165) is 37.5 Å². The van der Waals surface area contributed by atoms with Gasteiger partial charge in [-0.25, -0.2) is 0 Å². The smallest absolute Gasteiger partial charge is 0.220 e. The molecular weight excluding hydrogens is 304 g/mol. The van der Waals surface area contributed by atoms with Crippen LogP contribution in [0.15, 0.2) is 30.3 Å². The van der Waals surface area contributed by atoms with Gasteiger partial charge in [0.25, 0.3) is 0 Å². The Labute approximate surface area is 141 Å². The van der Waals surface area contributed by atoms with Crippen LogP contribution in [0.3, 0.4) is 0 Å². The fourth-order valence-corrected chi connectivity index (χ4v) is 2.94. The van der Waals surface area contributed by atoms with Crippen molar-refractivity contribution >= 4 is 11.7 Å². The lowest BCUT2D eigenvalue weighted by Gasteiger charge is -2.08. The number of aromatic nitrogens is 3. The molecule has 0 saturated heterocycles. The summed E-state index contributed by atoms with van der Waals surface area (Å²) in [6.07, 6.45) is 4.83. The predicted octanol–water partition coefficient (Wildman–Crippen LogP) is 2.28. The number of hydrogen-bond acceptors (Lipinski definition) is 4. The van der Waals surface area contributed by atoms with Gasteiger partial charge in [-0.3, -0.25) is 9.59 Å². The van der Waals surface area contributed by atoms with Crippen molar-refractivity contribution in [2.75, 3.05) is 0 Å². The maximum Gasteiger partial charge on any atom is 0.220 e. The molecule has 1 aliphatic heterocycles. The number of benzene rings is 1. The number of fused-ring (bicyclic) bond motifs is 1. The Hall–Kier alpha value is -2.50. The lowest BCUT2D eigenvalue weighted by atomic mass is 10.1. The number of nitrogens with zero attached hydrogens (tertiary/aromatic N) is 3. The number of amides is 1. The molecule has 3 rings (SSSR count). The van der Waals surface area contributed by atoms with Crippen molar-refractivity contribution in [2.45, 2.75) is 51.6 Å². The molecule has 0 bridgehead atoms. The molecular formula is C18H22N4O2. The Morgan fingerprint density at radius 3 is 2.71 bits per heavy atom. The average molecular weight is 326 g/mol. The largest absolute Gasteiger partial charge is 0.349 e. The topological polar surface area (TPSA) is 76.9 Å². The van der Waals surface area contributed by atoms with Crippen LogP contribution in [0, 0.1) is 0 Å². The van der Waals surface area contributed by atoms with E-state index in [2.05, 4.69) is 20.1 Å². The van der Waals surface area contributed by atoms with Crippen LogP contribution in [-0.4, -0.2) is 26.5 Å². The Morgan fingerprint density at radius 2 is 1.88 bits per heavy atom. The van der Waals surface area contributed by atoms with Crippen molar-refractivity contribution < 1.29 is 9.59 Å². The molecule has 2 heterocycles. The van der Waals surface area contributed by atoms with Gasteiger partial charge in [-0.15, -0.1) is 10.2 Å². The van der Waals surface area contributed by atoms with E-state index in [4.69, 9.17) is 0 Å². The SMILES string of the molecule is O=C(CCC(=O)c1ccccc1)NCc1nnc2n1CCCCC2. The first-order valence-corrected chi connectivity index (χ1v) is 8.50. The molecule has 0 spiro atoms. The Balaban J connectivity index is 1.48. The Morgan fingerprint density at radius 1 is 1.04 bits per heavy atom. The Bertz CT molecular complexity index is 709. The first-order chi connectivity index (χ1) is 11.7. The van der Waals surface area contributed by atoms with Crippen molar-refractivity contribution in [1.29, 1.82) is 0 Å². The van der Waals surface area contributed by atoms with Crippen LogP contribution >= 0.6 is 0 Å². The molecule has 0 radical (unpaired) electrons. The van der Waals surface area contributed by atoms with E-state index < -0.39 is 0 Å². The number of hydrogen-bond donors (Lipinski definition) is 1. The molecule has 0 atom stereocenters. The molecule has 1 aromatic heterocycles.